The van der Waals surface area contributed by atoms with Crippen LogP contribution in [0.15, 0.2) is 42.6 Å². The van der Waals surface area contributed by atoms with Crippen LogP contribution in [0.4, 0.5) is 5.69 Å². The first kappa shape index (κ1) is 14.0. The Labute approximate surface area is 116 Å². The van der Waals surface area contributed by atoms with Crippen LogP contribution in [0.3, 0.4) is 0 Å². The van der Waals surface area contributed by atoms with Crippen molar-refractivity contribution in [2.75, 3.05) is 11.0 Å². The lowest BCUT2D eigenvalue weighted by molar-refractivity contribution is 0.0995. The van der Waals surface area contributed by atoms with Gasteiger partial charge in [0.05, 0.1) is 6.26 Å². The molecule has 2 aromatic rings. The smallest absolute Gasteiger partial charge is 0.267 e. The molecule has 0 saturated carbocycles. The van der Waals surface area contributed by atoms with Crippen LogP contribution < -0.4 is 10.5 Å². The second kappa shape index (κ2) is 5.30. The van der Waals surface area contributed by atoms with Crippen molar-refractivity contribution in [3.8, 4) is 11.1 Å². The van der Waals surface area contributed by atoms with Crippen molar-refractivity contribution >= 4 is 21.6 Å². The number of amides is 1. The average molecular weight is 291 g/mol. The van der Waals surface area contributed by atoms with Gasteiger partial charge in [0.25, 0.3) is 5.91 Å². The minimum Gasteiger partial charge on any atom is -0.364 e. The third kappa shape index (κ3) is 3.55. The van der Waals surface area contributed by atoms with Crippen LogP contribution >= 0.6 is 0 Å². The van der Waals surface area contributed by atoms with Crippen LogP contribution in [0.5, 0.6) is 0 Å². The Balaban J connectivity index is 2.33. The lowest BCUT2D eigenvalue weighted by atomic mass is 10.1. The Morgan fingerprint density at radius 1 is 1.20 bits per heavy atom. The lowest BCUT2D eigenvalue weighted by Crippen LogP contribution is -2.12. The van der Waals surface area contributed by atoms with Crippen molar-refractivity contribution in [2.24, 2.45) is 5.73 Å². The summed E-state index contributed by atoms with van der Waals surface area (Å²) in [5.41, 5.74) is 7.30. The van der Waals surface area contributed by atoms with Crippen molar-refractivity contribution < 1.29 is 13.2 Å². The number of nitrogens with zero attached hydrogens (tertiary/aromatic N) is 1. The molecule has 6 nitrogen and oxygen atoms in total. The highest BCUT2D eigenvalue weighted by Gasteiger charge is 2.06. The zero-order chi connectivity index (χ0) is 14.8. The number of carbonyl (C=O) groups excluding carboxylic acids is 1. The SMILES string of the molecule is CS(=O)(=O)Nc1cccc(-c2ccc(C(N)=O)nc2)c1. The Kier molecular flexibility index (Phi) is 3.71. The molecule has 1 amide bonds. The Hall–Kier alpha value is -2.41. The van der Waals surface area contributed by atoms with Gasteiger partial charge in [-0.25, -0.2) is 8.42 Å². The number of nitrogens with two attached hydrogens (primary N) is 1. The summed E-state index contributed by atoms with van der Waals surface area (Å²) in [6.07, 6.45) is 2.60. The Bertz CT molecular complexity index is 740. The van der Waals surface area contributed by atoms with E-state index in [0.717, 1.165) is 17.4 Å². The summed E-state index contributed by atoms with van der Waals surface area (Å²) in [5.74, 6) is -0.593. The predicted octanol–water partition coefficient (Wildman–Crippen LogP) is 1.22. The molecule has 1 heterocycles. The van der Waals surface area contributed by atoms with Gasteiger partial charge in [0, 0.05) is 17.4 Å². The molecule has 7 heteroatoms. The van der Waals surface area contributed by atoms with Crippen molar-refractivity contribution in [3.05, 3.63) is 48.3 Å². The highest BCUT2D eigenvalue weighted by Crippen LogP contribution is 2.22. The third-order valence-corrected chi connectivity index (χ3v) is 3.12. The molecule has 0 aliphatic rings. The fourth-order valence-corrected chi connectivity index (χ4v) is 2.24. The van der Waals surface area contributed by atoms with Crippen molar-refractivity contribution in [3.63, 3.8) is 0 Å². The summed E-state index contributed by atoms with van der Waals surface area (Å²) in [5, 5.41) is 0. The van der Waals surface area contributed by atoms with Crippen molar-refractivity contribution in [1.82, 2.24) is 4.98 Å². The number of benzene rings is 1. The number of rotatable bonds is 4. The normalized spacial score (nSPS) is 11.1. The van der Waals surface area contributed by atoms with E-state index < -0.39 is 15.9 Å². The number of anilines is 1. The van der Waals surface area contributed by atoms with E-state index >= 15 is 0 Å². The number of nitrogens with one attached hydrogen (secondary N) is 1. The van der Waals surface area contributed by atoms with E-state index in [1.54, 1.807) is 24.3 Å². The number of pyridine rings is 1. The molecular weight excluding hydrogens is 278 g/mol. The van der Waals surface area contributed by atoms with Crippen LogP contribution in [0.2, 0.25) is 0 Å². The molecule has 0 bridgehead atoms. The summed E-state index contributed by atoms with van der Waals surface area (Å²) in [6, 6.07) is 10.1. The first-order valence-electron chi connectivity index (χ1n) is 5.69. The molecule has 0 fully saturated rings. The molecule has 104 valence electrons. The quantitative estimate of drug-likeness (QED) is 0.884. The molecule has 20 heavy (non-hydrogen) atoms. The topological polar surface area (TPSA) is 102 Å². The maximum Gasteiger partial charge on any atom is 0.267 e. The fraction of sp³-hybridized carbons (Fsp3) is 0.0769. The molecule has 2 rings (SSSR count). The van der Waals surface area contributed by atoms with Gasteiger partial charge in [0.1, 0.15) is 5.69 Å². The summed E-state index contributed by atoms with van der Waals surface area (Å²) in [7, 11) is -3.32. The van der Waals surface area contributed by atoms with Crippen LogP contribution in [-0.2, 0) is 10.0 Å². The van der Waals surface area contributed by atoms with Crippen LogP contribution in [-0.4, -0.2) is 25.6 Å². The number of sulfonamides is 1. The number of hydrogen-bond acceptors (Lipinski definition) is 4. The van der Waals surface area contributed by atoms with Crippen LogP contribution in [0.1, 0.15) is 10.5 Å². The van der Waals surface area contributed by atoms with Crippen LogP contribution in [0.25, 0.3) is 11.1 Å². The molecular formula is C13H13N3O3S. The maximum atomic E-state index is 11.2. The van der Waals surface area contributed by atoms with E-state index in [-0.39, 0.29) is 5.69 Å². The standard InChI is InChI=1S/C13H13N3O3S/c1-20(18,19)16-11-4-2-3-9(7-11)10-5-6-12(13(14)17)15-8-10/h2-8,16H,1H3,(H2,14,17). The van der Waals surface area contributed by atoms with Crippen LogP contribution in [0, 0.1) is 0 Å². The van der Waals surface area contributed by atoms with E-state index in [9.17, 15) is 13.2 Å². The zero-order valence-corrected chi connectivity index (χ0v) is 11.5. The van der Waals surface area contributed by atoms with Gasteiger partial charge in [0.2, 0.25) is 10.0 Å². The molecule has 0 unspecified atom stereocenters. The van der Waals surface area contributed by atoms with Gasteiger partial charge in [-0.2, -0.15) is 0 Å². The number of primary amides is 1. The molecule has 0 atom stereocenters. The van der Waals surface area contributed by atoms with Gasteiger partial charge in [0.15, 0.2) is 0 Å². The van der Waals surface area contributed by atoms with Gasteiger partial charge in [-0.3, -0.25) is 14.5 Å². The highest BCUT2D eigenvalue weighted by molar-refractivity contribution is 7.92. The van der Waals surface area contributed by atoms with E-state index in [2.05, 4.69) is 9.71 Å². The Morgan fingerprint density at radius 2 is 1.95 bits per heavy atom. The van der Waals surface area contributed by atoms with Gasteiger partial charge >= 0.3 is 0 Å². The summed E-state index contributed by atoms with van der Waals surface area (Å²) >= 11 is 0. The Morgan fingerprint density at radius 3 is 2.50 bits per heavy atom. The summed E-state index contributed by atoms with van der Waals surface area (Å²) in [6.45, 7) is 0. The van der Waals surface area contributed by atoms with Gasteiger partial charge in [-0.1, -0.05) is 18.2 Å². The largest absolute Gasteiger partial charge is 0.364 e. The second-order valence-corrected chi connectivity index (χ2v) is 6.00. The van der Waals surface area contributed by atoms with E-state index in [1.165, 1.54) is 12.3 Å². The number of carbonyl (C=O) groups is 1. The van der Waals surface area contributed by atoms with E-state index in [4.69, 9.17) is 5.73 Å². The predicted molar refractivity (Wildman–Crippen MR) is 76.7 cm³/mol. The molecule has 1 aromatic carbocycles. The van der Waals surface area contributed by atoms with Gasteiger partial charge in [-0.05, 0) is 23.8 Å². The van der Waals surface area contributed by atoms with E-state index in [0.29, 0.717) is 5.69 Å². The number of aromatic nitrogens is 1. The zero-order valence-electron chi connectivity index (χ0n) is 10.7. The molecule has 1 aromatic heterocycles. The average Bonchev–Trinajstić information content (AvgIpc) is 2.37. The fourth-order valence-electron chi connectivity index (χ4n) is 1.69. The molecule has 0 aliphatic carbocycles. The monoisotopic (exact) mass is 291 g/mol. The van der Waals surface area contributed by atoms with Crippen molar-refractivity contribution in [1.29, 1.82) is 0 Å². The molecule has 0 spiro atoms. The molecule has 0 radical (unpaired) electrons. The van der Waals surface area contributed by atoms with Crippen molar-refractivity contribution in [2.45, 2.75) is 0 Å². The van der Waals surface area contributed by atoms with Gasteiger partial charge in [-0.15, -0.1) is 0 Å². The molecule has 0 aliphatic heterocycles. The summed E-state index contributed by atoms with van der Waals surface area (Å²) < 4.78 is 24.8. The maximum absolute atomic E-state index is 11.2. The highest BCUT2D eigenvalue weighted by atomic mass is 32.2. The van der Waals surface area contributed by atoms with Gasteiger partial charge < -0.3 is 5.73 Å². The third-order valence-electron chi connectivity index (χ3n) is 2.52. The molecule has 0 saturated heterocycles. The summed E-state index contributed by atoms with van der Waals surface area (Å²) in [4.78, 5) is 14.9. The number of hydrogen-bond donors (Lipinski definition) is 2. The first-order chi connectivity index (χ1) is 9.35. The minimum atomic E-state index is -3.32. The first-order valence-corrected chi connectivity index (χ1v) is 7.58. The lowest BCUT2D eigenvalue weighted by Gasteiger charge is -2.07. The second-order valence-electron chi connectivity index (χ2n) is 4.25. The van der Waals surface area contributed by atoms with E-state index in [1.807, 2.05) is 6.07 Å². The molecule has 3 N–H and O–H groups in total. The minimum absolute atomic E-state index is 0.180.